The summed E-state index contributed by atoms with van der Waals surface area (Å²) in [6, 6.07) is 4.96. The van der Waals surface area contributed by atoms with Gasteiger partial charge in [-0.1, -0.05) is 20.3 Å². The van der Waals surface area contributed by atoms with Crippen LogP contribution in [0.5, 0.6) is 0 Å². The zero-order chi connectivity index (χ0) is 13.8. The SMILES string of the molecule is CCCCN(CC)S(=O)(=O)c1cc(C)cc(N)c1. The molecule has 0 fully saturated rings. The smallest absolute Gasteiger partial charge is 0.243 e. The fourth-order valence-corrected chi connectivity index (χ4v) is 3.48. The van der Waals surface area contributed by atoms with Crippen molar-refractivity contribution in [1.82, 2.24) is 4.31 Å². The molecular formula is C13H22N2O2S. The lowest BCUT2D eigenvalue weighted by atomic mass is 10.2. The summed E-state index contributed by atoms with van der Waals surface area (Å²) in [7, 11) is -3.42. The topological polar surface area (TPSA) is 63.4 Å². The van der Waals surface area contributed by atoms with Crippen molar-refractivity contribution < 1.29 is 8.42 Å². The van der Waals surface area contributed by atoms with Gasteiger partial charge in [0.1, 0.15) is 0 Å². The largest absolute Gasteiger partial charge is 0.399 e. The summed E-state index contributed by atoms with van der Waals surface area (Å²) in [6.45, 7) is 6.79. The molecule has 0 aliphatic carbocycles. The van der Waals surface area contributed by atoms with Crippen LogP contribution in [0.4, 0.5) is 5.69 Å². The molecule has 4 nitrogen and oxygen atoms in total. The van der Waals surface area contributed by atoms with Crippen LogP contribution in [0.1, 0.15) is 32.3 Å². The summed E-state index contributed by atoms with van der Waals surface area (Å²) in [5.74, 6) is 0. The lowest BCUT2D eigenvalue weighted by Crippen LogP contribution is -2.31. The third-order valence-corrected chi connectivity index (χ3v) is 4.78. The highest BCUT2D eigenvalue weighted by Crippen LogP contribution is 2.20. The van der Waals surface area contributed by atoms with E-state index in [0.717, 1.165) is 18.4 Å². The number of nitrogens with zero attached hydrogens (tertiary/aromatic N) is 1. The molecular weight excluding hydrogens is 248 g/mol. The molecule has 0 saturated heterocycles. The van der Waals surface area contributed by atoms with E-state index in [1.807, 2.05) is 20.8 Å². The van der Waals surface area contributed by atoms with E-state index in [1.54, 1.807) is 12.1 Å². The fraction of sp³-hybridized carbons (Fsp3) is 0.538. The molecule has 102 valence electrons. The van der Waals surface area contributed by atoms with Crippen LogP contribution in [0.2, 0.25) is 0 Å². The van der Waals surface area contributed by atoms with Crippen molar-refractivity contribution in [2.75, 3.05) is 18.8 Å². The first-order valence-corrected chi connectivity index (χ1v) is 7.73. The molecule has 0 aliphatic rings. The van der Waals surface area contributed by atoms with Crippen molar-refractivity contribution in [3.05, 3.63) is 23.8 Å². The molecule has 0 bridgehead atoms. The Balaban J connectivity index is 3.10. The first-order valence-electron chi connectivity index (χ1n) is 6.29. The van der Waals surface area contributed by atoms with Crippen LogP contribution in [-0.4, -0.2) is 25.8 Å². The Morgan fingerprint density at radius 2 is 1.89 bits per heavy atom. The molecule has 5 heteroatoms. The predicted octanol–water partition coefficient (Wildman–Crippen LogP) is 2.39. The van der Waals surface area contributed by atoms with Gasteiger partial charge in [0.2, 0.25) is 10.0 Å². The highest BCUT2D eigenvalue weighted by atomic mass is 32.2. The van der Waals surface area contributed by atoms with Crippen LogP contribution >= 0.6 is 0 Å². The molecule has 18 heavy (non-hydrogen) atoms. The van der Waals surface area contributed by atoms with Crippen molar-refractivity contribution in [3.8, 4) is 0 Å². The number of sulfonamides is 1. The van der Waals surface area contributed by atoms with Gasteiger partial charge in [0.05, 0.1) is 4.90 Å². The number of benzene rings is 1. The molecule has 1 aromatic rings. The molecule has 1 rings (SSSR count). The number of unbranched alkanes of at least 4 members (excludes halogenated alkanes) is 1. The van der Waals surface area contributed by atoms with Gasteiger partial charge >= 0.3 is 0 Å². The van der Waals surface area contributed by atoms with Crippen molar-refractivity contribution in [1.29, 1.82) is 0 Å². The van der Waals surface area contributed by atoms with Gasteiger partial charge in [-0.25, -0.2) is 8.42 Å². The third-order valence-electron chi connectivity index (χ3n) is 2.82. The van der Waals surface area contributed by atoms with Crippen molar-refractivity contribution in [2.45, 2.75) is 38.5 Å². The molecule has 0 aromatic heterocycles. The van der Waals surface area contributed by atoms with E-state index in [2.05, 4.69) is 0 Å². The maximum Gasteiger partial charge on any atom is 0.243 e. The Bertz CT molecular complexity index is 477. The van der Waals surface area contributed by atoms with Gasteiger partial charge < -0.3 is 5.73 Å². The Labute approximate surface area is 110 Å². The van der Waals surface area contributed by atoms with E-state index in [1.165, 1.54) is 10.4 Å². The lowest BCUT2D eigenvalue weighted by Gasteiger charge is -2.20. The van der Waals surface area contributed by atoms with Gasteiger partial charge in [-0.3, -0.25) is 0 Å². The summed E-state index contributed by atoms with van der Waals surface area (Å²) < 4.78 is 26.4. The molecule has 0 heterocycles. The number of nitrogens with two attached hydrogens (primary N) is 1. The zero-order valence-electron chi connectivity index (χ0n) is 11.3. The molecule has 0 spiro atoms. The second kappa shape index (κ2) is 6.20. The van der Waals surface area contributed by atoms with Crippen LogP contribution in [0.3, 0.4) is 0 Å². The average Bonchev–Trinajstić information content (AvgIpc) is 2.28. The standard InChI is InChI=1S/C13H22N2O2S/c1-4-6-7-15(5-2)18(16,17)13-9-11(3)8-12(14)10-13/h8-10H,4-7,14H2,1-3H3. The number of hydrogen-bond acceptors (Lipinski definition) is 3. The van der Waals surface area contributed by atoms with Crippen LogP contribution in [-0.2, 0) is 10.0 Å². The second-order valence-electron chi connectivity index (χ2n) is 4.43. The molecule has 1 aromatic carbocycles. The average molecular weight is 270 g/mol. The normalized spacial score (nSPS) is 12.0. The van der Waals surface area contributed by atoms with Crippen LogP contribution < -0.4 is 5.73 Å². The number of rotatable bonds is 6. The quantitative estimate of drug-likeness (QED) is 0.807. The number of anilines is 1. The second-order valence-corrected chi connectivity index (χ2v) is 6.37. The highest BCUT2D eigenvalue weighted by Gasteiger charge is 2.22. The van der Waals surface area contributed by atoms with Gasteiger partial charge in [-0.2, -0.15) is 4.31 Å². The maximum atomic E-state index is 12.4. The summed E-state index contributed by atoms with van der Waals surface area (Å²) in [4.78, 5) is 0.290. The molecule has 0 unspecified atom stereocenters. The first-order chi connectivity index (χ1) is 8.41. The van der Waals surface area contributed by atoms with E-state index in [4.69, 9.17) is 5.73 Å². The summed E-state index contributed by atoms with van der Waals surface area (Å²) in [6.07, 6.45) is 1.84. The molecule has 0 atom stereocenters. The van der Waals surface area contributed by atoms with Gasteiger partial charge in [-0.05, 0) is 37.1 Å². The minimum Gasteiger partial charge on any atom is -0.399 e. The summed E-state index contributed by atoms with van der Waals surface area (Å²) >= 11 is 0. The minimum absolute atomic E-state index is 0.290. The van der Waals surface area contributed by atoms with E-state index in [0.29, 0.717) is 18.8 Å². The Kier molecular flexibility index (Phi) is 5.16. The van der Waals surface area contributed by atoms with Crippen LogP contribution in [0, 0.1) is 6.92 Å². The Morgan fingerprint density at radius 3 is 2.39 bits per heavy atom. The molecule has 0 radical (unpaired) electrons. The molecule has 0 saturated carbocycles. The fourth-order valence-electron chi connectivity index (χ4n) is 1.86. The maximum absolute atomic E-state index is 12.4. The van der Waals surface area contributed by atoms with Gasteiger partial charge in [0, 0.05) is 18.8 Å². The van der Waals surface area contributed by atoms with Crippen molar-refractivity contribution in [2.24, 2.45) is 0 Å². The van der Waals surface area contributed by atoms with Crippen LogP contribution in [0.25, 0.3) is 0 Å². The van der Waals surface area contributed by atoms with Crippen molar-refractivity contribution in [3.63, 3.8) is 0 Å². The highest BCUT2D eigenvalue weighted by molar-refractivity contribution is 7.89. The number of hydrogen-bond donors (Lipinski definition) is 1. The zero-order valence-corrected chi connectivity index (χ0v) is 12.1. The minimum atomic E-state index is -3.42. The summed E-state index contributed by atoms with van der Waals surface area (Å²) in [5.41, 5.74) is 7.06. The number of aryl methyl sites for hydroxylation is 1. The van der Waals surface area contributed by atoms with Crippen molar-refractivity contribution >= 4 is 15.7 Å². The van der Waals surface area contributed by atoms with Gasteiger partial charge in [0.15, 0.2) is 0 Å². The molecule has 0 amide bonds. The monoisotopic (exact) mass is 270 g/mol. The molecule has 2 N–H and O–H groups in total. The Hall–Kier alpha value is -1.07. The lowest BCUT2D eigenvalue weighted by molar-refractivity contribution is 0.419. The third kappa shape index (κ3) is 3.46. The first kappa shape index (κ1) is 15.0. The molecule has 0 aliphatic heterocycles. The summed E-state index contributed by atoms with van der Waals surface area (Å²) in [5, 5.41) is 0. The van der Waals surface area contributed by atoms with Crippen LogP contribution in [0.15, 0.2) is 23.1 Å². The van der Waals surface area contributed by atoms with Gasteiger partial charge in [0.25, 0.3) is 0 Å². The van der Waals surface area contributed by atoms with E-state index >= 15 is 0 Å². The van der Waals surface area contributed by atoms with E-state index in [9.17, 15) is 8.42 Å². The van der Waals surface area contributed by atoms with E-state index in [-0.39, 0.29) is 4.90 Å². The number of nitrogen functional groups attached to an aromatic ring is 1. The predicted molar refractivity (Wildman–Crippen MR) is 74.9 cm³/mol. The van der Waals surface area contributed by atoms with Gasteiger partial charge in [-0.15, -0.1) is 0 Å². The Morgan fingerprint density at radius 1 is 1.22 bits per heavy atom. The van der Waals surface area contributed by atoms with E-state index < -0.39 is 10.0 Å².